The molecule has 1 N–H and O–H groups in total. The second kappa shape index (κ2) is 9.89. The highest BCUT2D eigenvalue weighted by Gasteiger charge is 2.33. The molecule has 1 amide bonds. The molecule has 5 nitrogen and oxygen atoms in total. The maximum atomic E-state index is 14.1. The quantitative estimate of drug-likeness (QED) is 0.352. The molecule has 176 valence electrons. The van der Waals surface area contributed by atoms with E-state index in [1.54, 1.807) is 25.3 Å². The molecule has 35 heavy (non-hydrogen) atoms. The Hall–Kier alpha value is -4.32. The average molecular weight is 469 g/mol. The first-order valence-electron chi connectivity index (χ1n) is 11.4. The molecule has 0 unspecified atom stereocenters. The molecule has 5 rings (SSSR count). The summed E-state index contributed by atoms with van der Waals surface area (Å²) in [4.78, 5) is 15.4. The Kier molecular flexibility index (Phi) is 6.35. The van der Waals surface area contributed by atoms with Crippen LogP contribution in [0.4, 0.5) is 10.1 Å². The van der Waals surface area contributed by atoms with Crippen LogP contribution in [0.25, 0.3) is 0 Å². The summed E-state index contributed by atoms with van der Waals surface area (Å²) >= 11 is 0. The Morgan fingerprint density at radius 3 is 2.43 bits per heavy atom. The average Bonchev–Trinajstić information content (AvgIpc) is 2.90. The minimum atomic E-state index is -0.423. The lowest BCUT2D eigenvalue weighted by molar-refractivity contribution is 0.0666. The first-order chi connectivity index (χ1) is 17.1. The fourth-order valence-electron chi connectivity index (χ4n) is 4.30. The van der Waals surface area contributed by atoms with E-state index >= 15 is 0 Å². The highest BCUT2D eigenvalue weighted by atomic mass is 19.1. The summed E-state index contributed by atoms with van der Waals surface area (Å²) in [5.41, 5.74) is 4.07. The van der Waals surface area contributed by atoms with Crippen molar-refractivity contribution >= 4 is 11.6 Å². The van der Waals surface area contributed by atoms with Gasteiger partial charge in [0.2, 0.25) is 0 Å². The number of anilines is 1. The zero-order valence-corrected chi connectivity index (χ0v) is 19.3. The summed E-state index contributed by atoms with van der Waals surface area (Å²) in [6, 6.07) is 29.4. The summed E-state index contributed by atoms with van der Waals surface area (Å²) in [7, 11) is 1.59. The van der Waals surface area contributed by atoms with Gasteiger partial charge in [-0.15, -0.1) is 0 Å². The molecule has 0 fully saturated rings. The highest BCUT2D eigenvalue weighted by molar-refractivity contribution is 6.01. The summed E-state index contributed by atoms with van der Waals surface area (Å²) in [5.74, 6) is 0.328. The third kappa shape index (κ3) is 4.68. The van der Waals surface area contributed by atoms with Crippen molar-refractivity contribution in [2.75, 3.05) is 12.4 Å². The van der Waals surface area contributed by atoms with Crippen LogP contribution in [0.15, 0.2) is 97.1 Å². The normalized spacial score (nSPS) is 14.7. The van der Waals surface area contributed by atoms with Crippen molar-refractivity contribution in [3.05, 3.63) is 125 Å². The van der Waals surface area contributed by atoms with Crippen LogP contribution in [-0.4, -0.2) is 17.9 Å². The molecule has 1 aliphatic rings. The predicted octanol–water partition coefficient (Wildman–Crippen LogP) is 6.18. The summed E-state index contributed by atoms with van der Waals surface area (Å²) in [5, 5.41) is 3.53. The first-order valence-corrected chi connectivity index (χ1v) is 11.4. The standard InChI is InChI=1S/C29H25FN2O3/c1-34-26-16-15-21(17-22(26)19-35-27-14-8-6-12-24(27)30)28-31-25-13-7-5-11-23(25)29(33)32(28)18-20-9-3-2-4-10-20/h2-17,28,31H,18-19H2,1H3/t28-/m0/s1. The van der Waals surface area contributed by atoms with E-state index in [4.69, 9.17) is 9.47 Å². The van der Waals surface area contributed by atoms with Gasteiger partial charge >= 0.3 is 0 Å². The van der Waals surface area contributed by atoms with Crippen molar-refractivity contribution in [2.24, 2.45) is 0 Å². The molecule has 4 aromatic rings. The number of para-hydroxylation sites is 2. The zero-order chi connectivity index (χ0) is 24.2. The number of nitrogens with zero attached hydrogens (tertiary/aromatic N) is 1. The van der Waals surface area contributed by atoms with Gasteiger partial charge in [-0.05, 0) is 47.5 Å². The molecule has 6 heteroatoms. The maximum Gasteiger partial charge on any atom is 0.258 e. The lowest BCUT2D eigenvalue weighted by Gasteiger charge is -2.38. The second-order valence-corrected chi connectivity index (χ2v) is 8.30. The summed E-state index contributed by atoms with van der Waals surface area (Å²) in [6.45, 7) is 0.562. The summed E-state index contributed by atoms with van der Waals surface area (Å²) < 4.78 is 25.4. The largest absolute Gasteiger partial charge is 0.496 e. The number of amides is 1. The van der Waals surface area contributed by atoms with Gasteiger partial charge in [0.15, 0.2) is 11.6 Å². The van der Waals surface area contributed by atoms with Gasteiger partial charge in [-0.25, -0.2) is 4.39 Å². The Labute approximate surface area is 203 Å². The van der Waals surface area contributed by atoms with Crippen LogP contribution in [-0.2, 0) is 13.2 Å². The van der Waals surface area contributed by atoms with Crippen molar-refractivity contribution in [3.8, 4) is 11.5 Å². The van der Waals surface area contributed by atoms with Gasteiger partial charge in [0, 0.05) is 17.8 Å². The Morgan fingerprint density at radius 2 is 1.63 bits per heavy atom. The van der Waals surface area contributed by atoms with Crippen LogP contribution in [0.5, 0.6) is 11.5 Å². The molecule has 4 aromatic carbocycles. The third-order valence-corrected chi connectivity index (χ3v) is 6.06. The number of hydrogen-bond acceptors (Lipinski definition) is 4. The van der Waals surface area contributed by atoms with E-state index in [9.17, 15) is 9.18 Å². The molecule has 0 aliphatic carbocycles. The van der Waals surface area contributed by atoms with Crippen molar-refractivity contribution < 1.29 is 18.7 Å². The van der Waals surface area contributed by atoms with Gasteiger partial charge in [-0.2, -0.15) is 0 Å². The van der Waals surface area contributed by atoms with Crippen molar-refractivity contribution in [2.45, 2.75) is 19.3 Å². The van der Waals surface area contributed by atoms with E-state index < -0.39 is 12.0 Å². The van der Waals surface area contributed by atoms with Crippen LogP contribution in [0.1, 0.15) is 33.2 Å². The highest BCUT2D eigenvalue weighted by Crippen LogP contribution is 2.36. The Balaban J connectivity index is 1.50. The number of nitrogens with one attached hydrogen (secondary N) is 1. The van der Waals surface area contributed by atoms with Crippen LogP contribution in [0.2, 0.25) is 0 Å². The topological polar surface area (TPSA) is 50.8 Å². The smallest absolute Gasteiger partial charge is 0.258 e. The van der Waals surface area contributed by atoms with Gasteiger partial charge in [-0.3, -0.25) is 4.79 Å². The van der Waals surface area contributed by atoms with E-state index in [1.165, 1.54) is 6.07 Å². The Morgan fingerprint density at radius 1 is 0.886 bits per heavy atom. The number of carbonyl (C=O) groups is 1. The Bertz CT molecular complexity index is 1340. The zero-order valence-electron chi connectivity index (χ0n) is 19.3. The number of fused-ring (bicyclic) bond motifs is 1. The molecular weight excluding hydrogens is 443 g/mol. The number of hydrogen-bond donors (Lipinski definition) is 1. The molecular formula is C29H25FN2O3. The van der Waals surface area contributed by atoms with Crippen molar-refractivity contribution in [1.82, 2.24) is 4.90 Å². The fourth-order valence-corrected chi connectivity index (χ4v) is 4.30. The SMILES string of the molecule is COc1ccc([C@H]2Nc3ccccc3C(=O)N2Cc2ccccc2)cc1COc1ccccc1F. The van der Waals surface area contributed by atoms with Gasteiger partial charge in [0.05, 0.1) is 12.7 Å². The minimum absolute atomic E-state index is 0.0480. The number of rotatable bonds is 7. The molecule has 0 bridgehead atoms. The van der Waals surface area contributed by atoms with E-state index in [-0.39, 0.29) is 18.3 Å². The minimum Gasteiger partial charge on any atom is -0.496 e. The van der Waals surface area contributed by atoms with Crippen LogP contribution >= 0.6 is 0 Å². The van der Waals surface area contributed by atoms with Crippen LogP contribution < -0.4 is 14.8 Å². The molecule has 1 heterocycles. The number of methoxy groups -OCH3 is 1. The predicted molar refractivity (Wildman–Crippen MR) is 133 cm³/mol. The molecule has 1 aliphatic heterocycles. The molecule has 0 radical (unpaired) electrons. The molecule has 0 saturated heterocycles. The van der Waals surface area contributed by atoms with E-state index in [0.29, 0.717) is 17.9 Å². The molecule has 0 saturated carbocycles. The van der Waals surface area contributed by atoms with Crippen LogP contribution in [0.3, 0.4) is 0 Å². The fraction of sp³-hybridized carbons (Fsp3) is 0.138. The maximum absolute atomic E-state index is 14.1. The third-order valence-electron chi connectivity index (χ3n) is 6.06. The van der Waals surface area contributed by atoms with Crippen molar-refractivity contribution in [3.63, 3.8) is 0 Å². The number of halogens is 1. The number of benzene rings is 4. The lowest BCUT2D eigenvalue weighted by atomic mass is 10.0. The summed E-state index contributed by atoms with van der Waals surface area (Å²) in [6.07, 6.45) is -0.407. The second-order valence-electron chi connectivity index (χ2n) is 8.30. The van der Waals surface area contributed by atoms with Gasteiger partial charge in [0.25, 0.3) is 5.91 Å². The molecule has 0 spiro atoms. The van der Waals surface area contributed by atoms with Gasteiger partial charge in [0.1, 0.15) is 18.5 Å². The molecule has 0 aromatic heterocycles. The number of ether oxygens (including phenoxy) is 2. The van der Waals surface area contributed by atoms with E-state index in [2.05, 4.69) is 5.32 Å². The molecule has 1 atom stereocenters. The first kappa shape index (κ1) is 22.5. The van der Waals surface area contributed by atoms with Gasteiger partial charge in [-0.1, -0.05) is 60.7 Å². The van der Waals surface area contributed by atoms with E-state index in [0.717, 1.165) is 22.4 Å². The van der Waals surface area contributed by atoms with Crippen LogP contribution in [0, 0.1) is 5.82 Å². The van der Waals surface area contributed by atoms with Crippen molar-refractivity contribution in [1.29, 1.82) is 0 Å². The monoisotopic (exact) mass is 468 g/mol. The number of carbonyl (C=O) groups excluding carboxylic acids is 1. The van der Waals surface area contributed by atoms with E-state index in [1.807, 2.05) is 77.7 Å². The van der Waals surface area contributed by atoms with Gasteiger partial charge < -0.3 is 19.7 Å². The lowest BCUT2D eigenvalue weighted by Crippen LogP contribution is -2.42.